The standard InChI is InChI=1S/C14H12F8O6S2/c15-8-6-9(27-29(23,24)13(17,18)19)11(16)10(7-4-2-1-3-5-7)12(8)28-30(25,26)14(20,21)22/h1-5,8-12H,6H2/t8-,9+,10?,11+,12-/m1/s1. The van der Waals surface area contributed by atoms with Crippen LogP contribution in [0.1, 0.15) is 17.9 Å². The third kappa shape index (κ3) is 5.03. The van der Waals surface area contributed by atoms with Gasteiger partial charge in [-0.3, -0.25) is 8.37 Å². The molecule has 2 rings (SSSR count). The minimum absolute atomic E-state index is 0.354. The Morgan fingerprint density at radius 2 is 1.27 bits per heavy atom. The van der Waals surface area contributed by atoms with E-state index in [1.165, 1.54) is 18.2 Å². The van der Waals surface area contributed by atoms with Gasteiger partial charge in [-0.2, -0.15) is 43.2 Å². The second-order valence-corrected chi connectivity index (χ2v) is 9.26. The maximum absolute atomic E-state index is 14.9. The molecule has 0 bridgehead atoms. The Hall–Kier alpha value is -1.52. The Balaban J connectivity index is 2.47. The van der Waals surface area contributed by atoms with Crippen molar-refractivity contribution < 1.29 is 60.3 Å². The lowest BCUT2D eigenvalue weighted by Gasteiger charge is -2.40. The van der Waals surface area contributed by atoms with Crippen molar-refractivity contribution in [2.24, 2.45) is 0 Å². The van der Waals surface area contributed by atoms with Crippen LogP contribution in [-0.2, 0) is 28.6 Å². The molecule has 16 heteroatoms. The summed E-state index contributed by atoms with van der Waals surface area (Å²) < 4.78 is 157. The van der Waals surface area contributed by atoms with Crippen LogP contribution in [0.3, 0.4) is 0 Å². The predicted molar refractivity (Wildman–Crippen MR) is 83.3 cm³/mol. The Bertz CT molecular complexity index is 945. The molecule has 1 saturated carbocycles. The van der Waals surface area contributed by atoms with Gasteiger partial charge in [0.25, 0.3) is 0 Å². The second kappa shape index (κ2) is 8.20. The molecular weight excluding hydrogens is 480 g/mol. The first kappa shape index (κ1) is 24.7. The number of rotatable bonds is 5. The molecule has 0 aromatic heterocycles. The van der Waals surface area contributed by atoms with Gasteiger partial charge in [-0.25, -0.2) is 8.78 Å². The van der Waals surface area contributed by atoms with Crippen molar-refractivity contribution in [2.75, 3.05) is 0 Å². The van der Waals surface area contributed by atoms with Gasteiger partial charge in [0.1, 0.15) is 24.6 Å². The summed E-state index contributed by atoms with van der Waals surface area (Å²) in [7, 11) is -12.8. The fourth-order valence-corrected chi connectivity index (χ4v) is 4.06. The summed E-state index contributed by atoms with van der Waals surface area (Å²) in [5.41, 5.74) is -12.3. The van der Waals surface area contributed by atoms with Gasteiger partial charge in [-0.1, -0.05) is 30.3 Å². The number of hydrogen-bond acceptors (Lipinski definition) is 6. The van der Waals surface area contributed by atoms with Crippen molar-refractivity contribution in [3.05, 3.63) is 35.9 Å². The Morgan fingerprint density at radius 1 is 0.800 bits per heavy atom. The molecule has 1 aromatic rings. The molecule has 0 radical (unpaired) electrons. The summed E-state index contributed by atoms with van der Waals surface area (Å²) in [6.07, 6.45) is -12.5. The average Bonchev–Trinajstić information content (AvgIpc) is 2.58. The number of benzene rings is 1. The Labute approximate surface area is 165 Å². The van der Waals surface area contributed by atoms with Gasteiger partial charge in [0, 0.05) is 12.3 Å². The van der Waals surface area contributed by atoms with Crippen LogP contribution < -0.4 is 0 Å². The first-order valence-corrected chi connectivity index (χ1v) is 10.6. The Morgan fingerprint density at radius 3 is 1.73 bits per heavy atom. The van der Waals surface area contributed by atoms with E-state index in [4.69, 9.17) is 0 Å². The molecular formula is C14H12F8O6S2. The van der Waals surface area contributed by atoms with Crippen LogP contribution in [0.5, 0.6) is 0 Å². The lowest BCUT2D eigenvalue weighted by Crippen LogP contribution is -2.52. The van der Waals surface area contributed by atoms with E-state index in [-0.39, 0.29) is 5.56 Å². The van der Waals surface area contributed by atoms with Gasteiger partial charge in [0.2, 0.25) is 0 Å². The van der Waals surface area contributed by atoms with E-state index in [1.54, 1.807) is 0 Å². The molecule has 172 valence electrons. The molecule has 6 nitrogen and oxygen atoms in total. The molecule has 1 aromatic carbocycles. The van der Waals surface area contributed by atoms with Crippen molar-refractivity contribution in [1.29, 1.82) is 0 Å². The number of halogens is 8. The predicted octanol–water partition coefficient (Wildman–Crippen LogP) is 3.32. The van der Waals surface area contributed by atoms with E-state index >= 15 is 0 Å². The van der Waals surface area contributed by atoms with Crippen LogP contribution in [-0.4, -0.2) is 52.4 Å². The summed E-state index contributed by atoms with van der Waals surface area (Å²) in [6.45, 7) is 0. The fourth-order valence-electron chi connectivity index (χ4n) is 2.80. The smallest absolute Gasteiger partial charge is 0.257 e. The molecule has 0 heterocycles. The minimum atomic E-state index is -6.42. The van der Waals surface area contributed by atoms with Crippen LogP contribution in [0.15, 0.2) is 30.3 Å². The molecule has 0 spiro atoms. The van der Waals surface area contributed by atoms with Crippen molar-refractivity contribution in [3.8, 4) is 0 Å². The second-order valence-electron chi connectivity index (χ2n) is 6.13. The summed E-state index contributed by atoms with van der Waals surface area (Å²) >= 11 is 0. The van der Waals surface area contributed by atoms with Crippen molar-refractivity contribution >= 4 is 20.2 Å². The first-order valence-electron chi connectivity index (χ1n) is 7.80. The van der Waals surface area contributed by atoms with Gasteiger partial charge in [0.05, 0.1) is 0 Å². The maximum atomic E-state index is 14.9. The minimum Gasteiger partial charge on any atom is -0.257 e. The third-order valence-corrected chi connectivity index (χ3v) is 6.22. The van der Waals surface area contributed by atoms with Crippen molar-refractivity contribution in [1.82, 2.24) is 0 Å². The zero-order valence-electron chi connectivity index (χ0n) is 14.3. The Kier molecular flexibility index (Phi) is 6.76. The molecule has 0 amide bonds. The van der Waals surface area contributed by atoms with Crippen LogP contribution in [0.2, 0.25) is 0 Å². The van der Waals surface area contributed by atoms with E-state index in [0.29, 0.717) is 0 Å². The quantitative estimate of drug-likeness (QED) is 0.356. The topological polar surface area (TPSA) is 86.7 Å². The van der Waals surface area contributed by atoms with Gasteiger partial charge < -0.3 is 0 Å². The summed E-state index contributed by atoms with van der Waals surface area (Å²) in [5.74, 6) is -2.24. The SMILES string of the molecule is O=S(=O)(O[C@H]1C[C@@H](F)[C@@H](OS(=O)(=O)C(F)(F)F)C(c2ccccc2)[C@H]1F)C(F)(F)F. The first-order chi connectivity index (χ1) is 13.5. The zero-order valence-corrected chi connectivity index (χ0v) is 15.9. The molecule has 5 atom stereocenters. The normalized spacial score (nSPS) is 29.0. The average molecular weight is 492 g/mol. The highest BCUT2D eigenvalue weighted by Crippen LogP contribution is 2.43. The molecule has 1 aliphatic rings. The van der Waals surface area contributed by atoms with Crippen molar-refractivity contribution in [2.45, 2.75) is 47.9 Å². The van der Waals surface area contributed by atoms with Crippen LogP contribution in [0.4, 0.5) is 35.1 Å². The van der Waals surface area contributed by atoms with E-state index in [1.807, 2.05) is 0 Å². The van der Waals surface area contributed by atoms with Crippen molar-refractivity contribution in [3.63, 3.8) is 0 Å². The van der Waals surface area contributed by atoms with Gasteiger partial charge in [0.15, 0.2) is 0 Å². The molecule has 0 N–H and O–H groups in total. The number of hydrogen-bond donors (Lipinski definition) is 0. The summed E-state index contributed by atoms with van der Waals surface area (Å²) in [4.78, 5) is 0. The van der Waals surface area contributed by atoms with Gasteiger partial charge in [-0.05, 0) is 5.56 Å². The molecule has 0 saturated heterocycles. The lowest BCUT2D eigenvalue weighted by molar-refractivity contribution is -0.0890. The van der Waals surface area contributed by atoms with E-state index in [9.17, 15) is 52.0 Å². The molecule has 0 aliphatic heterocycles. The summed E-state index contributed by atoms with van der Waals surface area (Å²) in [5, 5.41) is 0. The van der Waals surface area contributed by atoms with E-state index in [2.05, 4.69) is 8.37 Å². The highest BCUT2D eigenvalue weighted by Gasteiger charge is 2.57. The van der Waals surface area contributed by atoms with E-state index < -0.39 is 68.1 Å². The third-order valence-electron chi connectivity index (χ3n) is 4.11. The van der Waals surface area contributed by atoms with Crippen LogP contribution in [0, 0.1) is 0 Å². The molecule has 1 unspecified atom stereocenters. The fraction of sp³-hybridized carbons (Fsp3) is 0.571. The van der Waals surface area contributed by atoms with Crippen LogP contribution >= 0.6 is 0 Å². The van der Waals surface area contributed by atoms with Crippen LogP contribution in [0.25, 0.3) is 0 Å². The number of alkyl halides is 8. The van der Waals surface area contributed by atoms with Gasteiger partial charge in [-0.15, -0.1) is 0 Å². The zero-order chi connectivity index (χ0) is 23.1. The highest BCUT2D eigenvalue weighted by molar-refractivity contribution is 7.87. The lowest BCUT2D eigenvalue weighted by atomic mass is 9.78. The molecule has 1 fully saturated rings. The molecule has 30 heavy (non-hydrogen) atoms. The maximum Gasteiger partial charge on any atom is 0.523 e. The largest absolute Gasteiger partial charge is 0.523 e. The van der Waals surface area contributed by atoms with Gasteiger partial charge >= 0.3 is 31.3 Å². The molecule has 1 aliphatic carbocycles. The summed E-state index contributed by atoms with van der Waals surface area (Å²) in [6, 6.07) is 5.77. The monoisotopic (exact) mass is 492 g/mol. The van der Waals surface area contributed by atoms with E-state index in [0.717, 1.165) is 12.1 Å². The highest BCUT2D eigenvalue weighted by atomic mass is 32.2.